The second-order valence-corrected chi connectivity index (χ2v) is 7.23. The number of carbonyl (C=O) groups is 2. The maximum Gasteiger partial charge on any atom is 0.274 e. The second-order valence-electron chi connectivity index (χ2n) is 7.23. The van der Waals surface area contributed by atoms with Gasteiger partial charge in [-0.2, -0.15) is 5.10 Å². The number of piperazine rings is 1. The Morgan fingerprint density at radius 1 is 1.20 bits per heavy atom. The van der Waals surface area contributed by atoms with Crippen molar-refractivity contribution in [3.05, 3.63) is 52.3 Å². The van der Waals surface area contributed by atoms with E-state index in [0.29, 0.717) is 37.6 Å². The molecule has 0 aliphatic carbocycles. The minimum atomic E-state index is -0.461. The number of nitrogens with zero attached hydrogens (tertiary/aromatic N) is 5. The van der Waals surface area contributed by atoms with E-state index in [1.807, 2.05) is 4.90 Å². The molecule has 0 radical (unpaired) electrons. The highest BCUT2D eigenvalue weighted by Crippen LogP contribution is 2.20. The monoisotopic (exact) mass is 434 g/mol. The zero-order chi connectivity index (χ0) is 20.4. The molecule has 0 saturated carbocycles. The lowest BCUT2D eigenvalue weighted by Crippen LogP contribution is -2.57. The van der Waals surface area contributed by atoms with Gasteiger partial charge in [0, 0.05) is 50.6 Å². The number of likely N-dealkylation sites (tertiary alicyclic amines) is 1. The lowest BCUT2D eigenvalue weighted by Gasteiger charge is -2.40. The van der Waals surface area contributed by atoms with Crippen LogP contribution in [0, 0.1) is 10.1 Å². The molecule has 1 aromatic carbocycles. The van der Waals surface area contributed by atoms with Gasteiger partial charge in [-0.25, -0.2) is 4.68 Å². The predicted molar refractivity (Wildman–Crippen MR) is 111 cm³/mol. The van der Waals surface area contributed by atoms with Gasteiger partial charge in [-0.3, -0.25) is 19.7 Å². The highest BCUT2D eigenvalue weighted by atomic mass is 35.5. The second kappa shape index (κ2) is 9.23. The quantitative estimate of drug-likeness (QED) is 0.572. The molecular formula is C19H23ClN6O4. The number of halogens is 1. The smallest absolute Gasteiger partial charge is 0.274 e. The van der Waals surface area contributed by atoms with Crippen LogP contribution in [0.5, 0.6) is 0 Å². The van der Waals surface area contributed by atoms with Crippen molar-refractivity contribution < 1.29 is 14.5 Å². The van der Waals surface area contributed by atoms with E-state index in [1.54, 1.807) is 29.3 Å². The van der Waals surface area contributed by atoms with Crippen LogP contribution in [0.25, 0.3) is 5.69 Å². The topological polar surface area (TPSA) is 114 Å². The molecule has 1 unspecified atom stereocenters. The Labute approximate surface area is 179 Å². The Morgan fingerprint density at radius 3 is 2.67 bits per heavy atom. The molecule has 160 valence electrons. The minimum Gasteiger partial charge on any atom is -0.336 e. The zero-order valence-corrected chi connectivity index (χ0v) is 17.1. The summed E-state index contributed by atoms with van der Waals surface area (Å²) in [6.07, 6.45) is 3.40. The number of aromatic nitrogens is 2. The molecule has 2 amide bonds. The van der Waals surface area contributed by atoms with Crippen LogP contribution in [0.2, 0.25) is 0 Å². The molecular weight excluding hydrogens is 412 g/mol. The molecule has 30 heavy (non-hydrogen) atoms. The summed E-state index contributed by atoms with van der Waals surface area (Å²) in [5.74, 6) is -0.0871. The molecule has 4 rings (SSSR count). The molecule has 1 aromatic heterocycles. The number of benzene rings is 1. The van der Waals surface area contributed by atoms with Gasteiger partial charge < -0.3 is 15.1 Å². The average molecular weight is 435 g/mol. The lowest BCUT2D eigenvalue weighted by molar-refractivity contribution is -0.384. The summed E-state index contributed by atoms with van der Waals surface area (Å²) in [4.78, 5) is 39.1. The molecule has 11 heteroatoms. The molecule has 3 heterocycles. The highest BCUT2D eigenvalue weighted by Gasteiger charge is 2.32. The van der Waals surface area contributed by atoms with Gasteiger partial charge in [0.2, 0.25) is 5.91 Å². The fourth-order valence-corrected chi connectivity index (χ4v) is 3.87. The van der Waals surface area contributed by atoms with Gasteiger partial charge in [-0.05, 0) is 31.0 Å². The number of hydrogen-bond acceptors (Lipinski definition) is 6. The number of amides is 2. The molecule has 0 spiro atoms. The summed E-state index contributed by atoms with van der Waals surface area (Å²) < 4.78 is 1.53. The van der Waals surface area contributed by atoms with E-state index in [4.69, 9.17) is 0 Å². The molecule has 2 fully saturated rings. The Balaban J connectivity index is 0.00000256. The number of nitro groups is 1. The van der Waals surface area contributed by atoms with Gasteiger partial charge in [0.1, 0.15) is 0 Å². The van der Waals surface area contributed by atoms with Crippen LogP contribution in [0.1, 0.15) is 23.3 Å². The first-order chi connectivity index (χ1) is 14.0. The molecule has 2 aromatic rings. The standard InChI is InChI=1S/C19H22N6O4.ClH/c26-18-12-20-8-11-23(18)16-2-1-9-22(13-16)19(27)17-7-10-24(21-17)14-3-5-15(6-4-14)25(28)29;/h3-7,10,16,20H,1-2,8-9,11-13H2;1H. The number of carbonyl (C=O) groups excluding carboxylic acids is 2. The summed E-state index contributed by atoms with van der Waals surface area (Å²) in [6, 6.07) is 7.66. The fraction of sp³-hybridized carbons (Fsp3) is 0.421. The Morgan fingerprint density at radius 2 is 1.97 bits per heavy atom. The number of hydrogen-bond donors (Lipinski definition) is 1. The minimum absolute atomic E-state index is 0. The van der Waals surface area contributed by atoms with Crippen LogP contribution in [-0.2, 0) is 4.79 Å². The fourth-order valence-electron chi connectivity index (χ4n) is 3.87. The van der Waals surface area contributed by atoms with Crippen molar-refractivity contribution in [2.75, 3.05) is 32.7 Å². The molecule has 2 aliphatic heterocycles. The number of nitro benzene ring substituents is 1. The Bertz CT molecular complexity index is 931. The van der Waals surface area contributed by atoms with Crippen LogP contribution in [-0.4, -0.2) is 75.1 Å². The van der Waals surface area contributed by atoms with Crippen molar-refractivity contribution >= 4 is 29.9 Å². The Hall–Kier alpha value is -2.98. The normalized spacial score (nSPS) is 19.3. The number of nitrogens with one attached hydrogen (secondary N) is 1. The summed E-state index contributed by atoms with van der Waals surface area (Å²) in [7, 11) is 0. The van der Waals surface area contributed by atoms with E-state index < -0.39 is 4.92 Å². The van der Waals surface area contributed by atoms with Crippen LogP contribution >= 0.6 is 12.4 Å². The zero-order valence-electron chi connectivity index (χ0n) is 16.3. The molecule has 10 nitrogen and oxygen atoms in total. The number of piperidine rings is 1. The van der Waals surface area contributed by atoms with Gasteiger partial charge >= 0.3 is 0 Å². The van der Waals surface area contributed by atoms with Crippen LogP contribution in [0.3, 0.4) is 0 Å². The van der Waals surface area contributed by atoms with Crippen LogP contribution < -0.4 is 5.32 Å². The van der Waals surface area contributed by atoms with Crippen molar-refractivity contribution in [2.45, 2.75) is 18.9 Å². The summed E-state index contributed by atoms with van der Waals surface area (Å²) in [5, 5.41) is 18.2. The largest absolute Gasteiger partial charge is 0.336 e. The summed E-state index contributed by atoms with van der Waals surface area (Å²) in [6.45, 7) is 2.94. The SMILES string of the molecule is Cl.O=C(c1ccn(-c2ccc([N+](=O)[O-])cc2)n1)N1CCCC(N2CCNCC2=O)C1. The van der Waals surface area contributed by atoms with Crippen molar-refractivity contribution in [1.29, 1.82) is 0 Å². The van der Waals surface area contributed by atoms with Gasteiger partial charge in [-0.1, -0.05) is 0 Å². The molecule has 0 bridgehead atoms. The molecule has 2 saturated heterocycles. The van der Waals surface area contributed by atoms with Crippen molar-refractivity contribution in [3.8, 4) is 5.69 Å². The Kier molecular flexibility index (Phi) is 6.68. The van der Waals surface area contributed by atoms with Gasteiger partial charge in [-0.15, -0.1) is 12.4 Å². The predicted octanol–water partition coefficient (Wildman–Crippen LogP) is 1.24. The maximum absolute atomic E-state index is 12.9. The third-order valence-corrected chi connectivity index (χ3v) is 5.38. The van der Waals surface area contributed by atoms with E-state index in [-0.39, 0.29) is 36.0 Å². The number of rotatable bonds is 4. The first-order valence-electron chi connectivity index (χ1n) is 9.63. The van der Waals surface area contributed by atoms with Crippen molar-refractivity contribution in [3.63, 3.8) is 0 Å². The summed E-state index contributed by atoms with van der Waals surface area (Å²) >= 11 is 0. The molecule has 1 atom stereocenters. The van der Waals surface area contributed by atoms with Gasteiger partial charge in [0.05, 0.1) is 17.2 Å². The maximum atomic E-state index is 12.9. The first kappa shape index (κ1) is 21.7. The lowest BCUT2D eigenvalue weighted by atomic mass is 10.0. The van der Waals surface area contributed by atoms with Crippen molar-refractivity contribution in [2.24, 2.45) is 0 Å². The first-order valence-corrected chi connectivity index (χ1v) is 9.63. The van der Waals surface area contributed by atoms with E-state index in [2.05, 4.69) is 10.4 Å². The van der Waals surface area contributed by atoms with E-state index in [1.165, 1.54) is 16.8 Å². The number of non-ortho nitro benzene ring substituents is 1. The molecule has 1 N–H and O–H groups in total. The van der Waals surface area contributed by atoms with Crippen molar-refractivity contribution in [1.82, 2.24) is 24.9 Å². The van der Waals surface area contributed by atoms with Gasteiger partial charge in [0.15, 0.2) is 5.69 Å². The van der Waals surface area contributed by atoms with Crippen LogP contribution in [0.15, 0.2) is 36.5 Å². The van der Waals surface area contributed by atoms with E-state index >= 15 is 0 Å². The molecule has 2 aliphatic rings. The van der Waals surface area contributed by atoms with Gasteiger partial charge in [0.25, 0.3) is 11.6 Å². The van der Waals surface area contributed by atoms with Crippen LogP contribution in [0.4, 0.5) is 5.69 Å². The summed E-state index contributed by atoms with van der Waals surface area (Å²) in [5.41, 5.74) is 0.951. The van der Waals surface area contributed by atoms with E-state index in [0.717, 1.165) is 19.4 Å². The average Bonchev–Trinajstić information content (AvgIpc) is 3.24. The third-order valence-electron chi connectivity index (χ3n) is 5.38. The van der Waals surface area contributed by atoms with E-state index in [9.17, 15) is 19.7 Å². The third kappa shape index (κ3) is 4.44. The highest BCUT2D eigenvalue weighted by molar-refractivity contribution is 5.92.